The smallest absolute Gasteiger partial charge is 0.363 e. The highest BCUT2D eigenvalue weighted by Gasteiger charge is 2.53. The molecule has 3 rings (SSSR count). The number of nitrogens with zero attached hydrogens (tertiary/aromatic N) is 1. The van der Waals surface area contributed by atoms with E-state index in [1.54, 1.807) is 0 Å². The van der Waals surface area contributed by atoms with Crippen molar-refractivity contribution in [2.24, 2.45) is 11.8 Å². The molecule has 2 fully saturated rings. The Morgan fingerprint density at radius 3 is 2.80 bits per heavy atom. The van der Waals surface area contributed by atoms with Crippen LogP contribution in [0.2, 0.25) is 0 Å². The summed E-state index contributed by atoms with van der Waals surface area (Å²) < 4.78 is 38.9. The molecule has 20 heavy (non-hydrogen) atoms. The molecule has 3 aliphatic heterocycles. The van der Waals surface area contributed by atoms with Crippen LogP contribution in [-0.4, -0.2) is 42.4 Å². The van der Waals surface area contributed by atoms with Crippen molar-refractivity contribution in [1.82, 2.24) is 15.5 Å². The van der Waals surface area contributed by atoms with E-state index in [0.29, 0.717) is 18.4 Å². The number of halogens is 3. The summed E-state index contributed by atoms with van der Waals surface area (Å²) in [6.07, 6.45) is -1.38. The van der Waals surface area contributed by atoms with Crippen molar-refractivity contribution in [3.63, 3.8) is 0 Å². The van der Waals surface area contributed by atoms with E-state index in [9.17, 15) is 13.2 Å². The molecule has 0 radical (unpaired) electrons. The number of likely N-dealkylation sites (tertiary alicyclic amines) is 1. The molecular weight excluding hydrogens is 267 g/mol. The first-order valence-electron chi connectivity index (χ1n) is 7.35. The van der Waals surface area contributed by atoms with Gasteiger partial charge in [0.15, 0.2) is 0 Å². The van der Waals surface area contributed by atoms with E-state index in [4.69, 9.17) is 0 Å². The van der Waals surface area contributed by atoms with E-state index >= 15 is 0 Å². The van der Waals surface area contributed by atoms with Crippen molar-refractivity contribution in [2.75, 3.05) is 19.6 Å². The van der Waals surface area contributed by atoms with Crippen molar-refractivity contribution in [2.45, 2.75) is 44.6 Å². The van der Waals surface area contributed by atoms with Gasteiger partial charge in [0.05, 0.1) is 5.66 Å². The van der Waals surface area contributed by atoms with Gasteiger partial charge in [-0.1, -0.05) is 13.0 Å². The molecule has 4 atom stereocenters. The SMILES string of the molecule is CC1CC=C(C(F)(F)F)NC1(C)N1C[C@@H]2CCNC[C@@H]21. The molecule has 0 bridgehead atoms. The van der Waals surface area contributed by atoms with Gasteiger partial charge in [-0.15, -0.1) is 0 Å². The average Bonchev–Trinajstić information content (AvgIpc) is 2.33. The number of fused-ring (bicyclic) bond motifs is 1. The number of piperidine rings is 1. The minimum Gasteiger partial charge on any atom is -0.363 e. The third-order valence-corrected chi connectivity index (χ3v) is 5.35. The van der Waals surface area contributed by atoms with Crippen LogP contribution in [0.5, 0.6) is 0 Å². The number of hydrogen-bond acceptors (Lipinski definition) is 3. The van der Waals surface area contributed by atoms with Crippen molar-refractivity contribution in [3.8, 4) is 0 Å². The summed E-state index contributed by atoms with van der Waals surface area (Å²) in [5.41, 5.74) is -1.18. The van der Waals surface area contributed by atoms with Gasteiger partial charge < -0.3 is 10.6 Å². The molecule has 0 aliphatic carbocycles. The normalized spacial score (nSPS) is 42.2. The molecule has 0 aromatic heterocycles. The third kappa shape index (κ3) is 2.13. The monoisotopic (exact) mass is 289 g/mol. The number of alkyl halides is 3. The van der Waals surface area contributed by atoms with Crippen LogP contribution in [0.4, 0.5) is 13.2 Å². The topological polar surface area (TPSA) is 27.3 Å². The molecule has 0 amide bonds. The summed E-state index contributed by atoms with van der Waals surface area (Å²) >= 11 is 0. The van der Waals surface area contributed by atoms with Gasteiger partial charge in [-0.05, 0) is 38.1 Å². The number of nitrogens with one attached hydrogen (secondary N) is 2. The Labute approximate surface area is 117 Å². The average molecular weight is 289 g/mol. The van der Waals surface area contributed by atoms with Crippen LogP contribution in [0.25, 0.3) is 0 Å². The fourth-order valence-corrected chi connectivity index (χ4v) is 3.77. The Morgan fingerprint density at radius 2 is 2.15 bits per heavy atom. The standard InChI is InChI=1S/C14H22F3N3/c1-9-3-4-12(14(15,16)17)19-13(9,2)20-8-10-5-6-18-7-11(10)20/h4,9-11,18-19H,3,5-8H2,1-2H3/t9?,10-,11-,13?/m0/s1. The maximum absolute atomic E-state index is 13.0. The van der Waals surface area contributed by atoms with E-state index < -0.39 is 17.5 Å². The van der Waals surface area contributed by atoms with Crippen molar-refractivity contribution in [1.29, 1.82) is 0 Å². The van der Waals surface area contributed by atoms with E-state index in [1.807, 2.05) is 13.8 Å². The van der Waals surface area contributed by atoms with Crippen LogP contribution in [0.3, 0.4) is 0 Å². The van der Waals surface area contributed by atoms with Crippen LogP contribution in [0, 0.1) is 11.8 Å². The van der Waals surface area contributed by atoms with Crippen LogP contribution >= 0.6 is 0 Å². The van der Waals surface area contributed by atoms with Crippen molar-refractivity contribution < 1.29 is 13.2 Å². The number of rotatable bonds is 1. The molecule has 3 heterocycles. The zero-order chi connectivity index (χ0) is 14.5. The van der Waals surface area contributed by atoms with Gasteiger partial charge >= 0.3 is 6.18 Å². The highest BCUT2D eigenvalue weighted by molar-refractivity contribution is 5.18. The second kappa shape index (κ2) is 4.63. The highest BCUT2D eigenvalue weighted by atomic mass is 19.4. The molecule has 3 aliphatic rings. The molecule has 6 heteroatoms. The molecule has 2 unspecified atom stereocenters. The molecular formula is C14H22F3N3. The summed E-state index contributed by atoms with van der Waals surface area (Å²) in [7, 11) is 0. The summed E-state index contributed by atoms with van der Waals surface area (Å²) in [6.45, 7) is 6.77. The fraction of sp³-hybridized carbons (Fsp3) is 0.857. The number of allylic oxidation sites excluding steroid dienone is 2. The summed E-state index contributed by atoms with van der Waals surface area (Å²) in [5, 5.41) is 6.14. The molecule has 3 nitrogen and oxygen atoms in total. The lowest BCUT2D eigenvalue weighted by Crippen LogP contribution is -2.75. The second-order valence-corrected chi connectivity index (χ2v) is 6.50. The predicted octanol–water partition coefficient (Wildman–Crippen LogP) is 2.07. The second-order valence-electron chi connectivity index (χ2n) is 6.50. The molecule has 2 N–H and O–H groups in total. The van der Waals surface area contributed by atoms with Crippen LogP contribution in [0.15, 0.2) is 11.8 Å². The Morgan fingerprint density at radius 1 is 1.40 bits per heavy atom. The van der Waals surface area contributed by atoms with E-state index in [2.05, 4.69) is 15.5 Å². The third-order valence-electron chi connectivity index (χ3n) is 5.35. The first kappa shape index (κ1) is 14.2. The summed E-state index contributed by atoms with van der Waals surface area (Å²) in [6, 6.07) is 0.372. The zero-order valence-corrected chi connectivity index (χ0v) is 11.9. The van der Waals surface area contributed by atoms with E-state index in [0.717, 1.165) is 26.1 Å². The van der Waals surface area contributed by atoms with Crippen molar-refractivity contribution >= 4 is 0 Å². The minimum atomic E-state index is -4.28. The lowest BCUT2D eigenvalue weighted by molar-refractivity contribution is -0.141. The van der Waals surface area contributed by atoms with Gasteiger partial charge in [0.25, 0.3) is 0 Å². The fourth-order valence-electron chi connectivity index (χ4n) is 3.77. The van der Waals surface area contributed by atoms with Gasteiger partial charge in [-0.3, -0.25) is 4.90 Å². The van der Waals surface area contributed by atoms with Gasteiger partial charge in [0.1, 0.15) is 5.70 Å². The first-order chi connectivity index (χ1) is 9.32. The molecule has 0 spiro atoms. The lowest BCUT2D eigenvalue weighted by Gasteiger charge is -2.61. The van der Waals surface area contributed by atoms with Crippen LogP contribution < -0.4 is 10.6 Å². The molecule has 0 aromatic carbocycles. The van der Waals surface area contributed by atoms with Gasteiger partial charge in [-0.25, -0.2) is 0 Å². The molecule has 2 saturated heterocycles. The van der Waals surface area contributed by atoms with Gasteiger partial charge in [-0.2, -0.15) is 13.2 Å². The van der Waals surface area contributed by atoms with Crippen LogP contribution in [-0.2, 0) is 0 Å². The largest absolute Gasteiger partial charge is 0.430 e. The molecule has 0 saturated carbocycles. The maximum atomic E-state index is 13.0. The van der Waals surface area contributed by atoms with Crippen molar-refractivity contribution in [3.05, 3.63) is 11.8 Å². The van der Waals surface area contributed by atoms with Gasteiger partial charge in [0.2, 0.25) is 0 Å². The number of hydrogen-bond donors (Lipinski definition) is 2. The Balaban J connectivity index is 1.79. The Hall–Kier alpha value is -0.750. The minimum absolute atomic E-state index is 0.163. The zero-order valence-electron chi connectivity index (χ0n) is 11.9. The maximum Gasteiger partial charge on any atom is 0.430 e. The van der Waals surface area contributed by atoms with Crippen LogP contribution in [0.1, 0.15) is 26.7 Å². The van der Waals surface area contributed by atoms with E-state index in [-0.39, 0.29) is 5.92 Å². The molecule has 0 aromatic rings. The lowest BCUT2D eigenvalue weighted by atomic mass is 9.76. The highest BCUT2D eigenvalue weighted by Crippen LogP contribution is 2.42. The molecule has 114 valence electrons. The summed E-state index contributed by atoms with van der Waals surface area (Å²) in [5.74, 6) is 0.804. The van der Waals surface area contributed by atoms with E-state index in [1.165, 1.54) is 6.08 Å². The first-order valence-corrected chi connectivity index (χ1v) is 7.35. The Kier molecular flexibility index (Phi) is 3.29. The Bertz CT molecular complexity index is 420. The predicted molar refractivity (Wildman–Crippen MR) is 70.9 cm³/mol. The summed E-state index contributed by atoms with van der Waals surface area (Å²) in [4.78, 5) is 2.23. The van der Waals surface area contributed by atoms with Gasteiger partial charge in [0, 0.05) is 19.1 Å². The quantitative estimate of drug-likeness (QED) is 0.774.